The lowest BCUT2D eigenvalue weighted by atomic mass is 10.2. The fourth-order valence-electron chi connectivity index (χ4n) is 2.37. The van der Waals surface area contributed by atoms with Gasteiger partial charge in [-0.2, -0.15) is 0 Å². The molecule has 0 radical (unpaired) electrons. The van der Waals surface area contributed by atoms with Gasteiger partial charge in [0.2, 0.25) is 0 Å². The summed E-state index contributed by atoms with van der Waals surface area (Å²) in [5.74, 6) is 0.331. The zero-order valence-electron chi connectivity index (χ0n) is 11.7. The van der Waals surface area contributed by atoms with Crippen LogP contribution in [0.3, 0.4) is 0 Å². The van der Waals surface area contributed by atoms with E-state index in [0.29, 0.717) is 22.3 Å². The van der Waals surface area contributed by atoms with Crippen LogP contribution in [0.5, 0.6) is 0 Å². The molecule has 1 aliphatic heterocycles. The minimum absolute atomic E-state index is 0.312. The summed E-state index contributed by atoms with van der Waals surface area (Å²) in [6.07, 6.45) is 1.53. The summed E-state index contributed by atoms with van der Waals surface area (Å²) in [4.78, 5) is 17.5. The SMILES string of the molecule is O=C(Nc1ccnc(Cl)c1)c1nnn2c1CSc1ccccc1-2. The van der Waals surface area contributed by atoms with E-state index in [9.17, 15) is 4.79 Å². The third kappa shape index (κ3) is 2.58. The summed E-state index contributed by atoms with van der Waals surface area (Å²) < 4.78 is 1.72. The Hall–Kier alpha value is -2.38. The molecule has 0 atom stereocenters. The molecule has 114 valence electrons. The number of amides is 1. The average molecular weight is 344 g/mol. The van der Waals surface area contributed by atoms with Gasteiger partial charge in [0.05, 0.1) is 11.4 Å². The zero-order chi connectivity index (χ0) is 15.8. The lowest BCUT2D eigenvalue weighted by molar-refractivity contribution is 0.102. The van der Waals surface area contributed by atoms with Crippen molar-refractivity contribution in [1.29, 1.82) is 0 Å². The third-order valence-electron chi connectivity index (χ3n) is 3.42. The molecule has 2 aromatic heterocycles. The Morgan fingerprint density at radius 2 is 2.17 bits per heavy atom. The van der Waals surface area contributed by atoms with Crippen molar-refractivity contribution in [3.8, 4) is 5.69 Å². The van der Waals surface area contributed by atoms with Crippen LogP contribution in [0.25, 0.3) is 5.69 Å². The van der Waals surface area contributed by atoms with Crippen molar-refractivity contribution in [1.82, 2.24) is 20.0 Å². The van der Waals surface area contributed by atoms with Crippen LogP contribution in [-0.2, 0) is 5.75 Å². The van der Waals surface area contributed by atoms with E-state index in [1.54, 1.807) is 28.6 Å². The van der Waals surface area contributed by atoms with Crippen molar-refractivity contribution >= 4 is 35.0 Å². The molecule has 8 heteroatoms. The number of carbonyl (C=O) groups is 1. The molecule has 1 aromatic carbocycles. The fraction of sp³-hybridized carbons (Fsp3) is 0.0667. The number of halogens is 1. The third-order valence-corrected chi connectivity index (χ3v) is 4.70. The number of para-hydroxylation sites is 1. The normalized spacial score (nSPS) is 12.4. The van der Waals surface area contributed by atoms with Gasteiger partial charge in [0.1, 0.15) is 5.15 Å². The molecule has 23 heavy (non-hydrogen) atoms. The highest BCUT2D eigenvalue weighted by Gasteiger charge is 2.25. The van der Waals surface area contributed by atoms with Gasteiger partial charge in [0.25, 0.3) is 5.91 Å². The number of carbonyl (C=O) groups excluding carboxylic acids is 1. The Labute approximate surface area is 140 Å². The predicted octanol–water partition coefficient (Wildman–Crippen LogP) is 3.17. The maximum Gasteiger partial charge on any atom is 0.278 e. The number of hydrogen-bond acceptors (Lipinski definition) is 5. The summed E-state index contributed by atoms with van der Waals surface area (Å²) in [7, 11) is 0. The van der Waals surface area contributed by atoms with E-state index >= 15 is 0 Å². The van der Waals surface area contributed by atoms with Crippen LogP contribution in [0.1, 0.15) is 16.2 Å². The molecular formula is C15H10ClN5OS. The van der Waals surface area contributed by atoms with E-state index in [0.717, 1.165) is 16.3 Å². The van der Waals surface area contributed by atoms with Crippen LogP contribution in [0.15, 0.2) is 47.5 Å². The van der Waals surface area contributed by atoms with Crippen molar-refractivity contribution in [2.24, 2.45) is 0 Å². The molecule has 3 heterocycles. The van der Waals surface area contributed by atoms with Crippen molar-refractivity contribution < 1.29 is 4.79 Å². The summed E-state index contributed by atoms with van der Waals surface area (Å²) in [6.45, 7) is 0. The smallest absolute Gasteiger partial charge is 0.278 e. The molecule has 3 aromatic rings. The van der Waals surface area contributed by atoms with Gasteiger partial charge in [0.15, 0.2) is 5.69 Å². The minimum Gasteiger partial charge on any atom is -0.320 e. The Morgan fingerprint density at radius 1 is 1.30 bits per heavy atom. The molecule has 0 aliphatic carbocycles. The Bertz CT molecular complexity index is 910. The van der Waals surface area contributed by atoms with E-state index < -0.39 is 0 Å². The largest absolute Gasteiger partial charge is 0.320 e. The first-order chi connectivity index (χ1) is 11.2. The second kappa shape index (κ2) is 5.68. The first-order valence-electron chi connectivity index (χ1n) is 6.82. The number of pyridine rings is 1. The van der Waals surface area contributed by atoms with E-state index in [1.807, 2.05) is 24.3 Å². The number of hydrogen-bond donors (Lipinski definition) is 1. The number of thioether (sulfide) groups is 1. The first-order valence-corrected chi connectivity index (χ1v) is 8.18. The first kappa shape index (κ1) is 14.2. The van der Waals surface area contributed by atoms with Gasteiger partial charge in [-0.25, -0.2) is 9.67 Å². The van der Waals surface area contributed by atoms with Crippen LogP contribution in [-0.4, -0.2) is 25.9 Å². The number of nitrogens with one attached hydrogen (secondary N) is 1. The maximum atomic E-state index is 12.5. The maximum absolute atomic E-state index is 12.5. The lowest BCUT2D eigenvalue weighted by Crippen LogP contribution is -2.16. The van der Waals surface area contributed by atoms with Crippen molar-refractivity contribution in [3.63, 3.8) is 0 Å². The van der Waals surface area contributed by atoms with Crippen molar-refractivity contribution in [2.75, 3.05) is 5.32 Å². The van der Waals surface area contributed by atoms with Crippen LogP contribution < -0.4 is 5.32 Å². The molecule has 1 amide bonds. The highest BCUT2D eigenvalue weighted by atomic mass is 35.5. The number of nitrogens with zero attached hydrogens (tertiary/aromatic N) is 4. The van der Waals surface area contributed by atoms with Gasteiger partial charge in [-0.3, -0.25) is 4.79 Å². The molecular weight excluding hydrogens is 334 g/mol. The Balaban J connectivity index is 1.67. The monoisotopic (exact) mass is 343 g/mol. The van der Waals surface area contributed by atoms with E-state index in [1.165, 1.54) is 6.20 Å². The van der Waals surface area contributed by atoms with Crippen molar-refractivity contribution in [3.05, 3.63) is 59.1 Å². The fourth-order valence-corrected chi connectivity index (χ4v) is 3.57. The Morgan fingerprint density at radius 3 is 3.04 bits per heavy atom. The zero-order valence-corrected chi connectivity index (χ0v) is 13.3. The number of anilines is 1. The van der Waals surface area contributed by atoms with E-state index in [-0.39, 0.29) is 5.91 Å². The van der Waals surface area contributed by atoms with Crippen LogP contribution in [0.2, 0.25) is 5.15 Å². The quantitative estimate of drug-likeness (QED) is 0.723. The summed E-state index contributed by atoms with van der Waals surface area (Å²) >= 11 is 7.49. The molecule has 0 saturated heterocycles. The molecule has 0 fully saturated rings. The van der Waals surface area contributed by atoms with Gasteiger partial charge >= 0.3 is 0 Å². The highest BCUT2D eigenvalue weighted by Crippen LogP contribution is 2.35. The second-order valence-electron chi connectivity index (χ2n) is 4.87. The molecule has 4 rings (SSSR count). The average Bonchev–Trinajstić information content (AvgIpc) is 2.99. The molecule has 0 unspecified atom stereocenters. The van der Waals surface area contributed by atoms with E-state index in [4.69, 9.17) is 11.6 Å². The minimum atomic E-state index is -0.312. The second-order valence-corrected chi connectivity index (χ2v) is 6.28. The van der Waals surface area contributed by atoms with Gasteiger partial charge < -0.3 is 5.32 Å². The van der Waals surface area contributed by atoms with E-state index in [2.05, 4.69) is 20.6 Å². The predicted molar refractivity (Wildman–Crippen MR) is 88.1 cm³/mol. The molecule has 0 saturated carbocycles. The van der Waals surface area contributed by atoms with Crippen molar-refractivity contribution in [2.45, 2.75) is 10.6 Å². The van der Waals surface area contributed by atoms with Gasteiger partial charge in [-0.1, -0.05) is 28.9 Å². The van der Waals surface area contributed by atoms with Gasteiger partial charge in [-0.15, -0.1) is 16.9 Å². The highest BCUT2D eigenvalue weighted by molar-refractivity contribution is 7.98. The topological polar surface area (TPSA) is 72.7 Å². The number of benzene rings is 1. The molecule has 1 N–H and O–H groups in total. The Kier molecular flexibility index (Phi) is 3.51. The number of fused-ring (bicyclic) bond motifs is 3. The molecule has 6 nitrogen and oxygen atoms in total. The summed E-state index contributed by atoms with van der Waals surface area (Å²) in [6, 6.07) is 11.2. The van der Waals surface area contributed by atoms with Crippen LogP contribution in [0, 0.1) is 0 Å². The standard InChI is InChI=1S/C15H10ClN5OS/c16-13-7-9(5-6-17-13)18-15(22)14-11-8-23-12-4-2-1-3-10(12)21(11)20-19-14/h1-7H,8H2,(H,17,18,22). The summed E-state index contributed by atoms with van der Waals surface area (Å²) in [5.41, 5.74) is 2.61. The number of aromatic nitrogens is 4. The lowest BCUT2D eigenvalue weighted by Gasteiger charge is -2.16. The van der Waals surface area contributed by atoms with Gasteiger partial charge in [-0.05, 0) is 24.3 Å². The molecule has 0 bridgehead atoms. The number of rotatable bonds is 2. The molecule has 0 spiro atoms. The summed E-state index contributed by atoms with van der Waals surface area (Å²) in [5, 5.41) is 11.3. The van der Waals surface area contributed by atoms with Crippen LogP contribution >= 0.6 is 23.4 Å². The molecule has 1 aliphatic rings. The van der Waals surface area contributed by atoms with Crippen LogP contribution in [0.4, 0.5) is 5.69 Å². The van der Waals surface area contributed by atoms with Gasteiger partial charge in [0, 0.05) is 22.5 Å².